The van der Waals surface area contributed by atoms with Crippen molar-refractivity contribution in [3.63, 3.8) is 0 Å². The van der Waals surface area contributed by atoms with Gasteiger partial charge in [-0.15, -0.1) is 0 Å². The number of hydrogen-bond acceptors (Lipinski definition) is 3. The smallest absolute Gasteiger partial charge is 0.305 e. The summed E-state index contributed by atoms with van der Waals surface area (Å²) in [5.41, 5.74) is 1.21. The highest BCUT2D eigenvalue weighted by atomic mass is 16.4. The monoisotopic (exact) mass is 287 g/mol. The van der Waals surface area contributed by atoms with Crippen LogP contribution in [0.15, 0.2) is 42.9 Å². The zero-order chi connectivity index (χ0) is 15.2. The lowest BCUT2D eigenvalue weighted by atomic mass is 10.1. The summed E-state index contributed by atoms with van der Waals surface area (Å²) in [6.07, 6.45) is 3.48. The molecule has 110 valence electrons. The first-order valence-electron chi connectivity index (χ1n) is 6.72. The molecule has 1 amide bonds. The number of amides is 1. The number of rotatable bonds is 6. The van der Waals surface area contributed by atoms with Crippen LogP contribution in [0.3, 0.4) is 0 Å². The van der Waals surface area contributed by atoms with Gasteiger partial charge in [-0.25, -0.2) is 4.98 Å². The van der Waals surface area contributed by atoms with Gasteiger partial charge in [0.05, 0.1) is 18.9 Å². The Bertz CT molecular complexity index is 622. The van der Waals surface area contributed by atoms with Crippen LogP contribution in [0, 0.1) is 0 Å². The second-order valence-corrected chi connectivity index (χ2v) is 4.66. The Kier molecular flexibility index (Phi) is 4.71. The number of carbonyl (C=O) groups is 2. The van der Waals surface area contributed by atoms with E-state index in [0.29, 0.717) is 12.1 Å². The normalized spacial score (nSPS) is 11.9. The largest absolute Gasteiger partial charge is 0.481 e. The Morgan fingerprint density at radius 3 is 2.67 bits per heavy atom. The highest BCUT2D eigenvalue weighted by molar-refractivity contribution is 5.93. The van der Waals surface area contributed by atoms with Gasteiger partial charge in [-0.1, -0.05) is 25.1 Å². The molecule has 2 rings (SSSR count). The number of hydrogen-bond donors (Lipinski definition) is 2. The molecule has 2 N–H and O–H groups in total. The van der Waals surface area contributed by atoms with Gasteiger partial charge in [0.15, 0.2) is 0 Å². The van der Waals surface area contributed by atoms with Gasteiger partial charge in [-0.2, -0.15) is 0 Å². The van der Waals surface area contributed by atoms with Crippen LogP contribution in [-0.4, -0.2) is 32.6 Å². The standard InChI is InChI=1S/C15H17N3O3/c1-2-11(8-14(19)20)17-15(21)13-9-16-10-18(13)12-6-4-3-5-7-12/h3-7,9-11H,2,8H2,1H3,(H,17,21)(H,19,20). The molecule has 0 radical (unpaired) electrons. The number of imidazole rings is 1. The second kappa shape index (κ2) is 6.69. The van der Waals surface area contributed by atoms with E-state index in [4.69, 9.17) is 5.11 Å². The summed E-state index contributed by atoms with van der Waals surface area (Å²) in [6.45, 7) is 1.84. The molecule has 21 heavy (non-hydrogen) atoms. The molecule has 0 bridgehead atoms. The summed E-state index contributed by atoms with van der Waals surface area (Å²) in [6, 6.07) is 8.97. The summed E-state index contributed by atoms with van der Waals surface area (Å²) in [5.74, 6) is -1.26. The highest BCUT2D eigenvalue weighted by Gasteiger charge is 2.18. The summed E-state index contributed by atoms with van der Waals surface area (Å²) >= 11 is 0. The minimum absolute atomic E-state index is 0.0955. The molecule has 2 aromatic rings. The number of benzene rings is 1. The maximum Gasteiger partial charge on any atom is 0.305 e. The molecule has 1 heterocycles. The highest BCUT2D eigenvalue weighted by Crippen LogP contribution is 2.11. The molecule has 0 aliphatic rings. The predicted molar refractivity (Wildman–Crippen MR) is 77.4 cm³/mol. The summed E-state index contributed by atoms with van der Waals surface area (Å²) in [7, 11) is 0. The molecule has 0 saturated heterocycles. The average molecular weight is 287 g/mol. The summed E-state index contributed by atoms with van der Waals surface area (Å²) in [4.78, 5) is 27.0. The Balaban J connectivity index is 2.17. The van der Waals surface area contributed by atoms with E-state index >= 15 is 0 Å². The molecule has 1 unspecified atom stereocenters. The molecule has 6 nitrogen and oxygen atoms in total. The third kappa shape index (κ3) is 3.68. The zero-order valence-corrected chi connectivity index (χ0v) is 11.7. The van der Waals surface area contributed by atoms with Gasteiger partial charge >= 0.3 is 5.97 Å². The van der Waals surface area contributed by atoms with Crippen molar-refractivity contribution in [2.75, 3.05) is 0 Å². The molecule has 0 fully saturated rings. The fourth-order valence-corrected chi connectivity index (χ4v) is 2.02. The van der Waals surface area contributed by atoms with Gasteiger partial charge in [-0.3, -0.25) is 14.2 Å². The number of nitrogens with one attached hydrogen (secondary N) is 1. The van der Waals surface area contributed by atoms with Crippen molar-refractivity contribution in [2.45, 2.75) is 25.8 Å². The van der Waals surface area contributed by atoms with E-state index < -0.39 is 12.0 Å². The fraction of sp³-hybridized carbons (Fsp3) is 0.267. The van der Waals surface area contributed by atoms with Gasteiger partial charge in [0, 0.05) is 11.7 Å². The van der Waals surface area contributed by atoms with Crippen LogP contribution in [-0.2, 0) is 4.79 Å². The van der Waals surface area contributed by atoms with Gasteiger partial charge in [0.2, 0.25) is 0 Å². The van der Waals surface area contributed by atoms with Gasteiger partial charge in [0.1, 0.15) is 5.69 Å². The Morgan fingerprint density at radius 2 is 2.05 bits per heavy atom. The lowest BCUT2D eigenvalue weighted by Gasteiger charge is -2.15. The predicted octanol–water partition coefficient (Wildman–Crippen LogP) is 1.86. The molecule has 1 aromatic heterocycles. The van der Waals surface area contributed by atoms with E-state index in [1.54, 1.807) is 10.9 Å². The van der Waals surface area contributed by atoms with Crippen molar-refractivity contribution >= 4 is 11.9 Å². The lowest BCUT2D eigenvalue weighted by Crippen LogP contribution is -2.36. The van der Waals surface area contributed by atoms with Crippen molar-refractivity contribution in [3.8, 4) is 5.69 Å². The average Bonchev–Trinajstić information content (AvgIpc) is 2.96. The Morgan fingerprint density at radius 1 is 1.33 bits per heavy atom. The van der Waals surface area contributed by atoms with Crippen molar-refractivity contribution in [1.29, 1.82) is 0 Å². The van der Waals surface area contributed by atoms with E-state index in [1.165, 1.54) is 6.20 Å². The first kappa shape index (κ1) is 14.8. The minimum atomic E-state index is -0.932. The maximum absolute atomic E-state index is 12.3. The number of aromatic nitrogens is 2. The molecule has 0 spiro atoms. The van der Waals surface area contributed by atoms with Crippen LogP contribution in [0.25, 0.3) is 5.69 Å². The van der Waals surface area contributed by atoms with Crippen LogP contribution in [0.5, 0.6) is 0 Å². The maximum atomic E-state index is 12.3. The van der Waals surface area contributed by atoms with E-state index in [1.807, 2.05) is 37.3 Å². The third-order valence-corrected chi connectivity index (χ3v) is 3.15. The van der Waals surface area contributed by atoms with Crippen molar-refractivity contribution in [1.82, 2.24) is 14.9 Å². The molecule has 1 atom stereocenters. The molecule has 1 aromatic carbocycles. The molecule has 0 aliphatic carbocycles. The summed E-state index contributed by atoms with van der Waals surface area (Å²) in [5, 5.41) is 11.6. The molecule has 6 heteroatoms. The summed E-state index contributed by atoms with van der Waals surface area (Å²) < 4.78 is 1.67. The topological polar surface area (TPSA) is 84.2 Å². The number of aliphatic carboxylic acids is 1. The first-order chi connectivity index (χ1) is 10.1. The van der Waals surface area contributed by atoms with E-state index in [0.717, 1.165) is 5.69 Å². The van der Waals surface area contributed by atoms with Crippen LogP contribution < -0.4 is 5.32 Å². The van der Waals surface area contributed by atoms with Crippen molar-refractivity contribution in [2.24, 2.45) is 0 Å². The zero-order valence-electron chi connectivity index (χ0n) is 11.7. The minimum Gasteiger partial charge on any atom is -0.481 e. The molecular weight excluding hydrogens is 270 g/mol. The van der Waals surface area contributed by atoms with Crippen molar-refractivity contribution < 1.29 is 14.7 Å². The Hall–Kier alpha value is -2.63. The van der Waals surface area contributed by atoms with Gasteiger partial charge < -0.3 is 10.4 Å². The van der Waals surface area contributed by atoms with E-state index in [9.17, 15) is 9.59 Å². The van der Waals surface area contributed by atoms with Crippen LogP contribution >= 0.6 is 0 Å². The van der Waals surface area contributed by atoms with Crippen LogP contribution in [0.4, 0.5) is 0 Å². The van der Waals surface area contributed by atoms with Gasteiger partial charge in [-0.05, 0) is 18.6 Å². The van der Waals surface area contributed by atoms with Crippen molar-refractivity contribution in [3.05, 3.63) is 48.5 Å². The van der Waals surface area contributed by atoms with E-state index in [2.05, 4.69) is 10.3 Å². The molecular formula is C15H17N3O3. The molecule has 0 saturated carbocycles. The molecule has 0 aliphatic heterocycles. The number of carboxylic acids is 1. The van der Waals surface area contributed by atoms with Crippen LogP contribution in [0.1, 0.15) is 30.3 Å². The third-order valence-electron chi connectivity index (χ3n) is 3.15. The first-order valence-corrected chi connectivity index (χ1v) is 6.72. The Labute approximate surface area is 122 Å². The number of carboxylic acid groups (broad SMARTS) is 1. The quantitative estimate of drug-likeness (QED) is 0.849. The SMILES string of the molecule is CCC(CC(=O)O)NC(=O)c1cncn1-c1ccccc1. The lowest BCUT2D eigenvalue weighted by molar-refractivity contribution is -0.137. The van der Waals surface area contributed by atoms with Gasteiger partial charge in [0.25, 0.3) is 5.91 Å². The second-order valence-electron chi connectivity index (χ2n) is 4.66. The number of carbonyl (C=O) groups excluding carboxylic acids is 1. The van der Waals surface area contributed by atoms with E-state index in [-0.39, 0.29) is 12.3 Å². The number of para-hydroxylation sites is 1. The van der Waals surface area contributed by atoms with Crippen LogP contribution in [0.2, 0.25) is 0 Å². The number of nitrogens with zero attached hydrogens (tertiary/aromatic N) is 2. The fourth-order valence-electron chi connectivity index (χ4n) is 2.02.